The maximum atomic E-state index is 12.2. The van der Waals surface area contributed by atoms with Crippen molar-refractivity contribution in [1.29, 1.82) is 0 Å². The summed E-state index contributed by atoms with van der Waals surface area (Å²) in [5.74, 6) is -0.0999. The Bertz CT molecular complexity index is 814. The summed E-state index contributed by atoms with van der Waals surface area (Å²) in [7, 11) is 1.66. The lowest BCUT2D eigenvalue weighted by Gasteiger charge is -2.12. The minimum Gasteiger partial charge on any atom is -0.380 e. The molecule has 0 bridgehead atoms. The molecule has 1 saturated carbocycles. The van der Waals surface area contributed by atoms with Crippen LogP contribution in [0, 0.1) is 6.92 Å². The summed E-state index contributed by atoms with van der Waals surface area (Å²) in [5, 5.41) is 8.62. The molecule has 6 heteroatoms. The van der Waals surface area contributed by atoms with Crippen LogP contribution in [0.4, 0.5) is 10.5 Å². The van der Waals surface area contributed by atoms with Crippen molar-refractivity contribution in [2.75, 3.05) is 12.4 Å². The number of benzene rings is 2. The molecule has 0 atom stereocenters. The van der Waals surface area contributed by atoms with Gasteiger partial charge in [-0.15, -0.1) is 0 Å². The van der Waals surface area contributed by atoms with Gasteiger partial charge in [-0.1, -0.05) is 30.3 Å². The van der Waals surface area contributed by atoms with E-state index in [1.165, 1.54) is 0 Å². The molecule has 2 aromatic rings. The zero-order valence-electron chi connectivity index (χ0n) is 15.7. The van der Waals surface area contributed by atoms with Gasteiger partial charge in [-0.05, 0) is 48.6 Å². The fourth-order valence-corrected chi connectivity index (χ4v) is 2.66. The molecule has 0 aromatic heterocycles. The Morgan fingerprint density at radius 3 is 2.44 bits per heavy atom. The third-order valence-electron chi connectivity index (χ3n) is 4.45. The Balaban J connectivity index is 1.55. The highest BCUT2D eigenvalue weighted by atomic mass is 16.5. The van der Waals surface area contributed by atoms with Crippen LogP contribution in [0.2, 0.25) is 0 Å². The molecule has 27 heavy (non-hydrogen) atoms. The summed E-state index contributed by atoms with van der Waals surface area (Å²) >= 11 is 0. The van der Waals surface area contributed by atoms with Crippen molar-refractivity contribution in [3.05, 3.63) is 64.7 Å². The number of hydrogen-bond donors (Lipinski definition) is 3. The van der Waals surface area contributed by atoms with Gasteiger partial charge in [-0.2, -0.15) is 0 Å². The summed E-state index contributed by atoms with van der Waals surface area (Å²) in [6.07, 6.45) is 2.08. The van der Waals surface area contributed by atoms with Gasteiger partial charge in [0.25, 0.3) is 5.91 Å². The van der Waals surface area contributed by atoms with Crippen LogP contribution >= 0.6 is 0 Å². The van der Waals surface area contributed by atoms with E-state index in [2.05, 4.69) is 16.0 Å². The largest absolute Gasteiger partial charge is 0.380 e. The van der Waals surface area contributed by atoms with Crippen LogP contribution in [0.1, 0.15) is 39.9 Å². The van der Waals surface area contributed by atoms with Crippen molar-refractivity contribution >= 4 is 17.6 Å². The molecule has 3 rings (SSSR count). The Hall–Kier alpha value is -2.86. The van der Waals surface area contributed by atoms with Gasteiger partial charge < -0.3 is 20.7 Å². The number of rotatable bonds is 7. The van der Waals surface area contributed by atoms with Crippen LogP contribution in [0.5, 0.6) is 0 Å². The Labute approximate surface area is 159 Å². The molecule has 0 spiro atoms. The van der Waals surface area contributed by atoms with E-state index < -0.39 is 0 Å². The zero-order chi connectivity index (χ0) is 19.2. The summed E-state index contributed by atoms with van der Waals surface area (Å²) in [6.45, 7) is 2.88. The van der Waals surface area contributed by atoms with E-state index in [1.54, 1.807) is 19.2 Å². The van der Waals surface area contributed by atoms with Crippen LogP contribution in [0.3, 0.4) is 0 Å². The Morgan fingerprint density at radius 2 is 1.78 bits per heavy atom. The molecule has 1 fully saturated rings. The second-order valence-corrected chi connectivity index (χ2v) is 6.83. The van der Waals surface area contributed by atoms with E-state index >= 15 is 0 Å². The first-order valence-corrected chi connectivity index (χ1v) is 9.08. The molecule has 0 heterocycles. The first-order chi connectivity index (χ1) is 13.0. The molecule has 0 aliphatic heterocycles. The monoisotopic (exact) mass is 367 g/mol. The number of ether oxygens (including phenoxy) is 1. The summed E-state index contributed by atoms with van der Waals surface area (Å²) in [6, 6.07) is 13.2. The lowest BCUT2D eigenvalue weighted by Crippen LogP contribution is -2.29. The molecule has 2 aromatic carbocycles. The quantitative estimate of drug-likeness (QED) is 0.702. The third-order valence-corrected chi connectivity index (χ3v) is 4.45. The number of carbonyl (C=O) groups is 2. The SMILES string of the molecule is COCc1ccc(CNC(=O)Nc2cc(C(=O)NC3CC3)ccc2C)cc1. The molecule has 3 amide bonds. The minimum absolute atomic E-state index is 0.0999. The van der Waals surface area contributed by atoms with E-state index in [9.17, 15) is 9.59 Å². The van der Waals surface area contributed by atoms with Crippen molar-refractivity contribution in [2.24, 2.45) is 0 Å². The van der Waals surface area contributed by atoms with Gasteiger partial charge in [-0.3, -0.25) is 4.79 Å². The third kappa shape index (κ3) is 5.56. The van der Waals surface area contributed by atoms with Crippen LogP contribution in [-0.2, 0) is 17.9 Å². The van der Waals surface area contributed by atoms with Gasteiger partial charge in [0.15, 0.2) is 0 Å². The molecule has 142 valence electrons. The number of urea groups is 1. The summed E-state index contributed by atoms with van der Waals surface area (Å²) in [4.78, 5) is 24.4. The minimum atomic E-state index is -0.307. The standard InChI is InChI=1S/C21H25N3O3/c1-14-3-8-17(20(25)23-18-9-10-18)11-19(14)24-21(26)22-12-15-4-6-16(7-5-15)13-27-2/h3-8,11,18H,9-10,12-13H2,1-2H3,(H,23,25)(H2,22,24,26). The number of methoxy groups -OCH3 is 1. The highest BCUT2D eigenvalue weighted by Crippen LogP contribution is 2.21. The van der Waals surface area contributed by atoms with Crippen molar-refractivity contribution in [3.8, 4) is 0 Å². The molecular formula is C21H25N3O3. The van der Waals surface area contributed by atoms with Crippen LogP contribution in [0.15, 0.2) is 42.5 Å². The van der Waals surface area contributed by atoms with Gasteiger partial charge in [-0.25, -0.2) is 4.79 Å². The van der Waals surface area contributed by atoms with E-state index in [4.69, 9.17) is 4.74 Å². The van der Waals surface area contributed by atoms with E-state index in [1.807, 2.05) is 37.3 Å². The van der Waals surface area contributed by atoms with Crippen LogP contribution in [-0.4, -0.2) is 25.1 Å². The second-order valence-electron chi connectivity index (χ2n) is 6.83. The van der Waals surface area contributed by atoms with Crippen molar-refractivity contribution in [2.45, 2.75) is 39.0 Å². The van der Waals surface area contributed by atoms with Crippen molar-refractivity contribution < 1.29 is 14.3 Å². The zero-order valence-corrected chi connectivity index (χ0v) is 15.7. The highest BCUT2D eigenvalue weighted by molar-refractivity contribution is 5.97. The Kier molecular flexibility index (Phi) is 6.08. The summed E-state index contributed by atoms with van der Waals surface area (Å²) < 4.78 is 5.09. The fraction of sp³-hybridized carbons (Fsp3) is 0.333. The van der Waals surface area contributed by atoms with Gasteiger partial charge in [0.05, 0.1) is 6.61 Å². The lowest BCUT2D eigenvalue weighted by molar-refractivity contribution is 0.0951. The predicted molar refractivity (Wildman–Crippen MR) is 105 cm³/mol. The lowest BCUT2D eigenvalue weighted by atomic mass is 10.1. The van der Waals surface area contributed by atoms with Gasteiger partial charge in [0.2, 0.25) is 0 Å². The average molecular weight is 367 g/mol. The fourth-order valence-electron chi connectivity index (χ4n) is 2.66. The first kappa shape index (κ1) is 18.9. The molecule has 1 aliphatic rings. The highest BCUT2D eigenvalue weighted by Gasteiger charge is 2.24. The number of hydrogen-bond acceptors (Lipinski definition) is 3. The molecule has 6 nitrogen and oxygen atoms in total. The topological polar surface area (TPSA) is 79.5 Å². The molecule has 0 unspecified atom stereocenters. The average Bonchev–Trinajstić information content (AvgIpc) is 3.47. The number of carbonyl (C=O) groups excluding carboxylic acids is 2. The molecule has 3 N–H and O–H groups in total. The maximum Gasteiger partial charge on any atom is 0.319 e. The first-order valence-electron chi connectivity index (χ1n) is 9.08. The Morgan fingerprint density at radius 1 is 1.07 bits per heavy atom. The number of aryl methyl sites for hydroxylation is 1. The molecular weight excluding hydrogens is 342 g/mol. The predicted octanol–water partition coefficient (Wildman–Crippen LogP) is 3.36. The maximum absolute atomic E-state index is 12.2. The van der Waals surface area contributed by atoms with Crippen molar-refractivity contribution in [1.82, 2.24) is 10.6 Å². The second kappa shape index (κ2) is 8.68. The van der Waals surface area contributed by atoms with E-state index in [-0.39, 0.29) is 11.9 Å². The van der Waals surface area contributed by atoms with E-state index in [0.717, 1.165) is 29.5 Å². The van der Waals surface area contributed by atoms with Crippen LogP contribution < -0.4 is 16.0 Å². The number of amides is 3. The summed E-state index contributed by atoms with van der Waals surface area (Å²) in [5.41, 5.74) is 4.17. The van der Waals surface area contributed by atoms with Gasteiger partial charge >= 0.3 is 6.03 Å². The smallest absolute Gasteiger partial charge is 0.319 e. The van der Waals surface area contributed by atoms with Gasteiger partial charge in [0.1, 0.15) is 0 Å². The van der Waals surface area contributed by atoms with E-state index in [0.29, 0.717) is 30.4 Å². The van der Waals surface area contributed by atoms with Crippen molar-refractivity contribution in [3.63, 3.8) is 0 Å². The molecule has 0 radical (unpaired) electrons. The van der Waals surface area contributed by atoms with Crippen LogP contribution in [0.25, 0.3) is 0 Å². The normalized spacial score (nSPS) is 13.1. The molecule has 1 aliphatic carbocycles. The number of nitrogens with one attached hydrogen (secondary N) is 3. The number of anilines is 1. The van der Waals surface area contributed by atoms with Gasteiger partial charge in [0, 0.05) is 30.9 Å². The molecule has 0 saturated heterocycles.